The van der Waals surface area contributed by atoms with Gasteiger partial charge in [0.25, 0.3) is 0 Å². The van der Waals surface area contributed by atoms with Crippen LogP contribution in [0.15, 0.2) is 12.1 Å². The highest BCUT2D eigenvalue weighted by Crippen LogP contribution is 2.18. The summed E-state index contributed by atoms with van der Waals surface area (Å²) < 4.78 is 0. The number of rotatable bonds is 5. The molecule has 1 aromatic heterocycles. The van der Waals surface area contributed by atoms with E-state index in [9.17, 15) is 0 Å². The normalized spacial score (nSPS) is 13.1. The Balaban J connectivity index is 2.68. The van der Waals surface area contributed by atoms with Gasteiger partial charge in [-0.15, -0.1) is 0 Å². The molecule has 5 heteroatoms. The molecule has 0 radical (unpaired) electrons. The third-order valence-corrected chi connectivity index (χ3v) is 3.66. The van der Waals surface area contributed by atoms with Gasteiger partial charge in [-0.25, -0.2) is 4.98 Å². The molecule has 16 heavy (non-hydrogen) atoms. The van der Waals surface area contributed by atoms with Gasteiger partial charge in [0.05, 0.1) is 10.7 Å². The molecule has 90 valence electrons. The van der Waals surface area contributed by atoms with Crippen LogP contribution in [-0.4, -0.2) is 35.0 Å². The number of nitrogens with two attached hydrogens (primary N) is 1. The first-order valence-electron chi connectivity index (χ1n) is 5.14. The zero-order valence-electron chi connectivity index (χ0n) is 9.90. The summed E-state index contributed by atoms with van der Waals surface area (Å²) in [5.74, 6) is 1.61. The Kier molecular flexibility index (Phi) is 5.38. The van der Waals surface area contributed by atoms with Gasteiger partial charge in [0, 0.05) is 18.3 Å². The van der Waals surface area contributed by atoms with Gasteiger partial charge in [0.15, 0.2) is 0 Å². The van der Waals surface area contributed by atoms with Crippen LogP contribution in [0.4, 0.5) is 5.82 Å². The van der Waals surface area contributed by atoms with Crippen LogP contribution in [0.3, 0.4) is 0 Å². The molecule has 3 nitrogen and oxygen atoms in total. The summed E-state index contributed by atoms with van der Waals surface area (Å²) in [7, 11) is 2.07. The summed E-state index contributed by atoms with van der Waals surface area (Å²) in [6.07, 6.45) is 2.11. The van der Waals surface area contributed by atoms with Gasteiger partial charge in [0.2, 0.25) is 0 Å². The SMILES string of the molecule is CSCC(C)N(C)Cc1nc(N)ccc1Cl. The lowest BCUT2D eigenvalue weighted by molar-refractivity contribution is 0.267. The van der Waals surface area contributed by atoms with Crippen molar-refractivity contribution in [2.45, 2.75) is 19.5 Å². The van der Waals surface area contributed by atoms with Crippen molar-refractivity contribution in [2.75, 3.05) is 24.8 Å². The Labute approximate surface area is 106 Å². The van der Waals surface area contributed by atoms with Gasteiger partial charge in [0.1, 0.15) is 5.82 Å². The number of aromatic nitrogens is 1. The van der Waals surface area contributed by atoms with Gasteiger partial charge < -0.3 is 5.73 Å². The maximum absolute atomic E-state index is 6.07. The Morgan fingerprint density at radius 3 is 2.88 bits per heavy atom. The largest absolute Gasteiger partial charge is 0.384 e. The third-order valence-electron chi connectivity index (χ3n) is 2.50. The molecule has 1 rings (SSSR count). The van der Waals surface area contributed by atoms with Crippen LogP contribution in [0.1, 0.15) is 12.6 Å². The van der Waals surface area contributed by atoms with E-state index in [2.05, 4.69) is 30.1 Å². The van der Waals surface area contributed by atoms with E-state index in [1.165, 1.54) is 0 Å². The molecule has 0 aliphatic carbocycles. The maximum Gasteiger partial charge on any atom is 0.123 e. The topological polar surface area (TPSA) is 42.2 Å². The average Bonchev–Trinajstić information content (AvgIpc) is 2.23. The van der Waals surface area contributed by atoms with Crippen LogP contribution in [0, 0.1) is 0 Å². The second kappa shape index (κ2) is 6.33. The summed E-state index contributed by atoms with van der Waals surface area (Å²) >= 11 is 7.91. The molecule has 0 fully saturated rings. The first kappa shape index (κ1) is 13.6. The van der Waals surface area contributed by atoms with E-state index in [1.807, 2.05) is 11.8 Å². The van der Waals surface area contributed by atoms with E-state index < -0.39 is 0 Å². The summed E-state index contributed by atoms with van der Waals surface area (Å²) in [5, 5.41) is 0.678. The number of hydrogen-bond acceptors (Lipinski definition) is 4. The molecule has 1 atom stereocenters. The summed E-state index contributed by atoms with van der Waals surface area (Å²) in [5.41, 5.74) is 6.49. The van der Waals surface area contributed by atoms with Crippen LogP contribution in [0.5, 0.6) is 0 Å². The summed E-state index contributed by atoms with van der Waals surface area (Å²) in [6.45, 7) is 2.92. The van der Waals surface area contributed by atoms with Gasteiger partial charge in [-0.05, 0) is 32.4 Å². The fourth-order valence-corrected chi connectivity index (χ4v) is 2.27. The molecule has 0 amide bonds. The van der Waals surface area contributed by atoms with E-state index >= 15 is 0 Å². The first-order valence-corrected chi connectivity index (χ1v) is 6.92. The molecule has 2 N–H and O–H groups in total. The van der Waals surface area contributed by atoms with E-state index in [0.29, 0.717) is 16.9 Å². The number of nitrogen functional groups attached to an aromatic ring is 1. The van der Waals surface area contributed by atoms with Crippen LogP contribution in [0.2, 0.25) is 5.02 Å². The van der Waals surface area contributed by atoms with Crippen molar-refractivity contribution in [2.24, 2.45) is 0 Å². The monoisotopic (exact) mass is 259 g/mol. The van der Waals surface area contributed by atoms with Gasteiger partial charge in [-0.1, -0.05) is 11.6 Å². The number of hydrogen-bond donors (Lipinski definition) is 1. The number of pyridine rings is 1. The summed E-state index contributed by atoms with van der Waals surface area (Å²) in [4.78, 5) is 6.48. The van der Waals surface area contributed by atoms with E-state index in [-0.39, 0.29) is 0 Å². The Hall–Kier alpha value is -0.450. The second-order valence-electron chi connectivity index (χ2n) is 3.88. The average molecular weight is 260 g/mol. The lowest BCUT2D eigenvalue weighted by Crippen LogP contribution is -2.31. The lowest BCUT2D eigenvalue weighted by Gasteiger charge is -2.24. The predicted molar refractivity (Wildman–Crippen MR) is 73.0 cm³/mol. The Bertz CT molecular complexity index is 346. The van der Waals surface area contributed by atoms with Crippen molar-refractivity contribution in [3.63, 3.8) is 0 Å². The molecule has 0 aliphatic heterocycles. The minimum absolute atomic E-state index is 0.495. The smallest absolute Gasteiger partial charge is 0.123 e. The van der Waals surface area contributed by atoms with Crippen molar-refractivity contribution in [3.8, 4) is 0 Å². The quantitative estimate of drug-likeness (QED) is 0.882. The van der Waals surface area contributed by atoms with Crippen molar-refractivity contribution < 1.29 is 0 Å². The molecule has 0 spiro atoms. The highest BCUT2D eigenvalue weighted by molar-refractivity contribution is 7.98. The fraction of sp³-hybridized carbons (Fsp3) is 0.545. The zero-order chi connectivity index (χ0) is 12.1. The van der Waals surface area contributed by atoms with Crippen LogP contribution in [-0.2, 0) is 6.54 Å². The highest BCUT2D eigenvalue weighted by Gasteiger charge is 2.11. The number of anilines is 1. The molecule has 0 aromatic carbocycles. The molecule has 0 saturated carbocycles. The van der Waals surface area contributed by atoms with Crippen LogP contribution in [0.25, 0.3) is 0 Å². The summed E-state index contributed by atoms with van der Waals surface area (Å²) in [6, 6.07) is 4.01. The van der Waals surface area contributed by atoms with Crippen molar-refractivity contribution in [1.82, 2.24) is 9.88 Å². The second-order valence-corrected chi connectivity index (χ2v) is 5.20. The first-order chi connectivity index (χ1) is 7.54. The highest BCUT2D eigenvalue weighted by atomic mass is 35.5. The van der Waals surface area contributed by atoms with Crippen molar-refractivity contribution in [3.05, 3.63) is 22.8 Å². The van der Waals surface area contributed by atoms with E-state index in [4.69, 9.17) is 17.3 Å². The van der Waals surface area contributed by atoms with Crippen molar-refractivity contribution in [1.29, 1.82) is 0 Å². The van der Waals surface area contributed by atoms with E-state index in [0.717, 1.165) is 18.0 Å². The molecular formula is C11H18ClN3S. The predicted octanol–water partition coefficient (Wildman–Crippen LogP) is 2.50. The zero-order valence-corrected chi connectivity index (χ0v) is 11.5. The molecule has 1 heterocycles. The van der Waals surface area contributed by atoms with E-state index in [1.54, 1.807) is 12.1 Å². The van der Waals surface area contributed by atoms with Crippen LogP contribution >= 0.6 is 23.4 Å². The molecule has 1 aromatic rings. The Morgan fingerprint density at radius 2 is 2.25 bits per heavy atom. The number of halogens is 1. The van der Waals surface area contributed by atoms with Gasteiger partial charge in [-0.2, -0.15) is 11.8 Å². The van der Waals surface area contributed by atoms with Crippen molar-refractivity contribution >= 4 is 29.2 Å². The lowest BCUT2D eigenvalue weighted by atomic mass is 10.3. The minimum atomic E-state index is 0.495. The molecule has 0 aliphatic rings. The third kappa shape index (κ3) is 3.85. The maximum atomic E-state index is 6.07. The minimum Gasteiger partial charge on any atom is -0.384 e. The fourth-order valence-electron chi connectivity index (χ4n) is 1.37. The molecule has 0 saturated heterocycles. The standard InChI is InChI=1S/C11H18ClN3S/c1-8(7-16-3)15(2)6-10-9(12)4-5-11(13)14-10/h4-5,8H,6-7H2,1-3H3,(H2,13,14). The number of thioether (sulfide) groups is 1. The molecule has 1 unspecified atom stereocenters. The molecular weight excluding hydrogens is 242 g/mol. The number of nitrogens with zero attached hydrogens (tertiary/aromatic N) is 2. The van der Waals surface area contributed by atoms with Gasteiger partial charge in [-0.3, -0.25) is 4.90 Å². The van der Waals surface area contributed by atoms with Gasteiger partial charge >= 0.3 is 0 Å². The Morgan fingerprint density at radius 1 is 1.56 bits per heavy atom. The van der Waals surface area contributed by atoms with Crippen LogP contribution < -0.4 is 5.73 Å². The molecule has 0 bridgehead atoms.